The summed E-state index contributed by atoms with van der Waals surface area (Å²) in [4.78, 5) is 4.41. The quantitative estimate of drug-likeness (QED) is 0.220. The van der Waals surface area contributed by atoms with Gasteiger partial charge >= 0.3 is 0 Å². The number of phenols is 1. The number of unbranched alkanes of at least 4 members (excludes halogenated alkanes) is 15. The lowest BCUT2D eigenvalue weighted by Gasteiger charge is -2.03. The lowest BCUT2D eigenvalue weighted by molar-refractivity contribution is 0.475. The summed E-state index contributed by atoms with van der Waals surface area (Å²) in [5.41, 5.74) is 0.920. The van der Waals surface area contributed by atoms with Crippen molar-refractivity contribution >= 4 is 11.9 Å². The minimum atomic E-state index is 0.298. The van der Waals surface area contributed by atoms with Crippen LogP contribution >= 0.6 is 0 Å². The molecular weight excluding hydrogens is 318 g/mol. The zero-order chi connectivity index (χ0) is 18.7. The fraction of sp³-hybridized carbons (Fsp3) is 0.708. The maximum atomic E-state index is 9.23. The number of phenolic OH excluding ortho intramolecular Hbond substituents is 1. The maximum Gasteiger partial charge on any atom is 0.115 e. The molecule has 0 saturated heterocycles. The van der Waals surface area contributed by atoms with Gasteiger partial charge in [-0.25, -0.2) is 0 Å². The molecule has 0 aliphatic heterocycles. The molecule has 0 bridgehead atoms. The Morgan fingerprint density at radius 1 is 0.654 bits per heavy atom. The number of aromatic hydroxyl groups is 1. The van der Waals surface area contributed by atoms with Crippen molar-refractivity contribution in [2.75, 3.05) is 0 Å². The normalized spacial score (nSPS) is 11.4. The van der Waals surface area contributed by atoms with E-state index in [-0.39, 0.29) is 0 Å². The van der Waals surface area contributed by atoms with Crippen LogP contribution in [0.5, 0.6) is 5.75 Å². The second kappa shape index (κ2) is 17.1. The van der Waals surface area contributed by atoms with E-state index in [1.54, 1.807) is 12.1 Å². The third-order valence-corrected chi connectivity index (χ3v) is 5.03. The van der Waals surface area contributed by atoms with E-state index in [0.29, 0.717) is 5.75 Å². The largest absolute Gasteiger partial charge is 0.508 e. The lowest BCUT2D eigenvalue weighted by Crippen LogP contribution is -1.84. The first-order chi connectivity index (χ1) is 12.8. The number of nitrogens with zero attached hydrogens (tertiary/aromatic N) is 1. The summed E-state index contributed by atoms with van der Waals surface area (Å²) in [6.45, 7) is 2.29. The van der Waals surface area contributed by atoms with Crippen molar-refractivity contribution in [3.05, 3.63) is 24.3 Å². The molecule has 0 radical (unpaired) electrons. The monoisotopic (exact) mass is 359 g/mol. The van der Waals surface area contributed by atoms with Gasteiger partial charge in [0.25, 0.3) is 0 Å². The minimum Gasteiger partial charge on any atom is -0.508 e. The highest BCUT2D eigenvalue weighted by atomic mass is 16.3. The maximum absolute atomic E-state index is 9.23. The van der Waals surface area contributed by atoms with Gasteiger partial charge in [-0.2, -0.15) is 0 Å². The summed E-state index contributed by atoms with van der Waals surface area (Å²) in [6.07, 6.45) is 24.1. The molecule has 0 atom stereocenters. The number of rotatable bonds is 17. The number of hydrogen-bond donors (Lipinski definition) is 1. The molecule has 0 unspecified atom stereocenters. The molecule has 1 N–H and O–H groups in total. The van der Waals surface area contributed by atoms with Gasteiger partial charge in [0.1, 0.15) is 5.75 Å². The van der Waals surface area contributed by atoms with Gasteiger partial charge in [-0.1, -0.05) is 96.8 Å². The van der Waals surface area contributed by atoms with E-state index in [2.05, 4.69) is 11.9 Å². The topological polar surface area (TPSA) is 32.6 Å². The van der Waals surface area contributed by atoms with Crippen molar-refractivity contribution in [1.29, 1.82) is 0 Å². The number of benzene rings is 1. The van der Waals surface area contributed by atoms with Crippen LogP contribution in [0, 0.1) is 0 Å². The molecule has 2 heteroatoms. The van der Waals surface area contributed by atoms with Gasteiger partial charge in [-0.3, -0.25) is 4.99 Å². The van der Waals surface area contributed by atoms with Crippen LogP contribution in [0.3, 0.4) is 0 Å². The molecule has 0 aliphatic carbocycles. The highest BCUT2D eigenvalue weighted by Crippen LogP contribution is 2.17. The van der Waals surface area contributed by atoms with E-state index in [9.17, 15) is 5.11 Å². The summed E-state index contributed by atoms with van der Waals surface area (Å²) >= 11 is 0. The predicted molar refractivity (Wildman–Crippen MR) is 116 cm³/mol. The van der Waals surface area contributed by atoms with Crippen molar-refractivity contribution in [1.82, 2.24) is 0 Å². The molecule has 0 spiro atoms. The molecule has 0 aromatic heterocycles. The minimum absolute atomic E-state index is 0.298. The molecule has 1 aromatic carbocycles. The molecule has 148 valence electrons. The molecule has 0 aliphatic rings. The highest BCUT2D eigenvalue weighted by molar-refractivity contribution is 5.63. The zero-order valence-electron chi connectivity index (χ0n) is 17.1. The van der Waals surface area contributed by atoms with Gasteiger partial charge in [0, 0.05) is 6.21 Å². The van der Waals surface area contributed by atoms with Crippen molar-refractivity contribution in [2.45, 2.75) is 110 Å². The van der Waals surface area contributed by atoms with E-state index in [4.69, 9.17) is 0 Å². The van der Waals surface area contributed by atoms with Crippen LogP contribution < -0.4 is 0 Å². The molecule has 1 aromatic rings. The van der Waals surface area contributed by atoms with E-state index < -0.39 is 0 Å². The predicted octanol–water partition coefficient (Wildman–Crippen LogP) is 8.36. The van der Waals surface area contributed by atoms with Crippen molar-refractivity contribution in [3.63, 3.8) is 0 Å². The van der Waals surface area contributed by atoms with Crippen molar-refractivity contribution < 1.29 is 5.11 Å². The van der Waals surface area contributed by atoms with E-state index in [0.717, 1.165) is 12.1 Å². The van der Waals surface area contributed by atoms with Crippen LogP contribution in [0.2, 0.25) is 0 Å². The Labute approximate surface area is 162 Å². The van der Waals surface area contributed by atoms with Gasteiger partial charge in [-0.05, 0) is 37.1 Å². The fourth-order valence-corrected chi connectivity index (χ4v) is 3.32. The van der Waals surface area contributed by atoms with Gasteiger partial charge in [0.2, 0.25) is 0 Å². The van der Waals surface area contributed by atoms with E-state index in [1.165, 1.54) is 96.3 Å². The Morgan fingerprint density at radius 2 is 1.08 bits per heavy atom. The number of hydrogen-bond acceptors (Lipinski definition) is 2. The lowest BCUT2D eigenvalue weighted by atomic mass is 10.0. The van der Waals surface area contributed by atoms with Crippen LogP contribution in [0.25, 0.3) is 0 Å². The third-order valence-electron chi connectivity index (χ3n) is 5.03. The summed E-state index contributed by atoms with van der Waals surface area (Å²) < 4.78 is 0. The summed E-state index contributed by atoms with van der Waals surface area (Å²) in [5.74, 6) is 0.298. The molecule has 2 nitrogen and oxygen atoms in total. The molecule has 0 saturated carbocycles. The molecule has 0 fully saturated rings. The Balaban J connectivity index is 1.77. The first-order valence-corrected chi connectivity index (χ1v) is 11.1. The standard InChI is InChI=1S/C24H41NO/c1-2-3-4-5-6-7-8-9-10-11-12-13-14-15-16-17-22-25-23-18-20-24(26)21-19-23/h18-22,26H,2-17H2,1H3. The van der Waals surface area contributed by atoms with Crippen molar-refractivity contribution in [3.8, 4) is 5.75 Å². The van der Waals surface area contributed by atoms with Crippen LogP contribution in [-0.4, -0.2) is 11.3 Å². The van der Waals surface area contributed by atoms with Crippen LogP contribution in [0.1, 0.15) is 110 Å². The van der Waals surface area contributed by atoms with E-state index in [1.807, 2.05) is 18.3 Å². The smallest absolute Gasteiger partial charge is 0.115 e. The van der Waals surface area contributed by atoms with Gasteiger partial charge in [0.15, 0.2) is 0 Å². The molecule has 0 heterocycles. The summed E-state index contributed by atoms with van der Waals surface area (Å²) in [7, 11) is 0. The van der Waals surface area contributed by atoms with Gasteiger partial charge in [-0.15, -0.1) is 0 Å². The highest BCUT2D eigenvalue weighted by Gasteiger charge is 1.94. The second-order valence-corrected chi connectivity index (χ2v) is 7.57. The molecule has 0 amide bonds. The third kappa shape index (κ3) is 13.9. The summed E-state index contributed by atoms with van der Waals surface area (Å²) in [6, 6.07) is 7.05. The van der Waals surface area contributed by atoms with Gasteiger partial charge < -0.3 is 5.11 Å². The van der Waals surface area contributed by atoms with Crippen molar-refractivity contribution in [2.24, 2.45) is 4.99 Å². The summed E-state index contributed by atoms with van der Waals surface area (Å²) in [5, 5.41) is 9.23. The Bertz CT molecular complexity index is 438. The Kier molecular flexibility index (Phi) is 15.0. The average Bonchev–Trinajstić information content (AvgIpc) is 2.66. The average molecular weight is 360 g/mol. The first kappa shape index (κ1) is 22.7. The SMILES string of the molecule is CCCCCCCCCCCCCCCCCC=Nc1ccc(O)cc1. The van der Waals surface area contributed by atoms with Crippen LogP contribution in [0.15, 0.2) is 29.3 Å². The van der Waals surface area contributed by atoms with Crippen LogP contribution in [-0.2, 0) is 0 Å². The van der Waals surface area contributed by atoms with Gasteiger partial charge in [0.05, 0.1) is 5.69 Å². The Hall–Kier alpha value is -1.31. The van der Waals surface area contributed by atoms with Crippen LogP contribution in [0.4, 0.5) is 5.69 Å². The Morgan fingerprint density at radius 3 is 1.54 bits per heavy atom. The number of aliphatic imine (C=N–C) groups is 1. The molecule has 1 rings (SSSR count). The molecular formula is C24H41NO. The first-order valence-electron chi connectivity index (χ1n) is 11.1. The fourth-order valence-electron chi connectivity index (χ4n) is 3.32. The second-order valence-electron chi connectivity index (χ2n) is 7.57. The zero-order valence-corrected chi connectivity index (χ0v) is 17.1. The van der Waals surface area contributed by atoms with E-state index >= 15 is 0 Å². The molecule has 26 heavy (non-hydrogen) atoms.